The number of Topliss-reactive ketones (excluding diaryl/α,β-unsaturated/α-hetero) is 3. The topological polar surface area (TPSA) is 354 Å². The van der Waals surface area contributed by atoms with E-state index in [1.165, 1.54) is 19.1 Å². The summed E-state index contributed by atoms with van der Waals surface area (Å²) in [4.78, 5) is 132. The van der Waals surface area contributed by atoms with Crippen LogP contribution in [-0.2, 0) is 89.4 Å². The lowest BCUT2D eigenvalue weighted by Gasteiger charge is -2.60. The van der Waals surface area contributed by atoms with Crippen LogP contribution in [0.15, 0.2) is 96.6 Å². The molecular weight excluding hydrogens is 1380 g/mol. The van der Waals surface area contributed by atoms with Crippen LogP contribution in [0.25, 0.3) is 0 Å². The maximum absolute atomic E-state index is 17.7. The minimum atomic E-state index is -2.34. The van der Waals surface area contributed by atoms with Crippen LogP contribution in [-0.4, -0.2) is 192 Å². The number of nitrogens with two attached hydrogens (primary N) is 1. The Bertz CT molecular complexity index is 3750. The highest BCUT2D eigenvalue weighted by Crippen LogP contribution is 2.68. The number of ketones is 4. The van der Waals surface area contributed by atoms with Crippen molar-refractivity contribution in [3.05, 3.63) is 119 Å². The standard InChI is InChI=1S/C78H99F2N7O19/c1-5-11-71-105-67-42-58-59(44-65(91)78(80)60(58)43-62(79)61-41-56(88)25-28-76(61,78)4)77(67,106-71)66(92)48-103-31-26-57(89)45-84-75(98)104-47-50-17-21-55(22-18-50)85-73(96)53(15-10-29-83-74(81)97)40-64(90)72(49(2)3)86-69(94)27-32-99-34-36-101-38-39-102-37-35-100-33-30-82-68(93)23-24-70(95)87-46-54-14-7-6-12-51(54)19-20-52-13-8-9-16-63(52)87/h6-9,12-14,16-18,21-22,25,28,41,49,53,58-60,62,65,67,71-72,91H,5,10-11,15,23-24,26-27,29-40,42-48H2,1-4H3,(H,82,93)(H,84,98)(H,85,96)(H,86,94)(H3,81,83,97)/t53-,58-,59?,60+,62+,65+,67-,71?,72+,76+,77-,78+/m1/s1. The van der Waals surface area contributed by atoms with Gasteiger partial charge in [-0.2, -0.15) is 0 Å². The average molecular weight is 1480 g/mol. The third-order valence-corrected chi connectivity index (χ3v) is 20.6. The summed E-state index contributed by atoms with van der Waals surface area (Å²) in [7, 11) is 0. The number of carbonyl (C=O) groups is 10. The van der Waals surface area contributed by atoms with Crippen molar-refractivity contribution >= 4 is 70.3 Å². The summed E-state index contributed by atoms with van der Waals surface area (Å²) in [6.45, 7) is 8.33. The van der Waals surface area contributed by atoms with Crippen LogP contribution in [0.3, 0.4) is 0 Å². The monoisotopic (exact) mass is 1480 g/mol. The summed E-state index contributed by atoms with van der Waals surface area (Å²) in [5, 5.41) is 25.0. The minimum Gasteiger partial charge on any atom is -0.445 e. The predicted molar refractivity (Wildman–Crippen MR) is 382 cm³/mol. The van der Waals surface area contributed by atoms with Gasteiger partial charge in [0, 0.05) is 85.2 Å². The number of halogens is 2. The minimum absolute atomic E-state index is 0.00554. The van der Waals surface area contributed by atoms with Gasteiger partial charge in [-0.3, -0.25) is 38.4 Å². The number of alkyl carbamates (subject to hydrolysis) is 1. The van der Waals surface area contributed by atoms with Crippen LogP contribution >= 0.6 is 0 Å². The van der Waals surface area contributed by atoms with Crippen molar-refractivity contribution in [2.24, 2.45) is 40.7 Å². The van der Waals surface area contributed by atoms with Crippen LogP contribution < -0.4 is 37.2 Å². The highest BCUT2D eigenvalue weighted by atomic mass is 19.1. The maximum Gasteiger partial charge on any atom is 0.407 e. The normalized spacial score (nSPS) is 24.3. The second-order valence-corrected chi connectivity index (χ2v) is 28.1. The molecule has 0 radical (unpaired) electrons. The number of aliphatic hydroxyl groups excluding tert-OH is 1. The average Bonchev–Trinajstić information content (AvgIpc) is 1.40. The molecule has 574 valence electrons. The van der Waals surface area contributed by atoms with E-state index in [0.29, 0.717) is 62.6 Å². The molecule has 28 heteroatoms. The van der Waals surface area contributed by atoms with E-state index in [4.69, 9.17) is 43.6 Å². The second-order valence-electron chi connectivity index (χ2n) is 28.1. The Kier molecular flexibility index (Phi) is 29.8. The molecule has 0 bridgehead atoms. The Morgan fingerprint density at radius 2 is 1.44 bits per heavy atom. The first-order valence-electron chi connectivity index (χ1n) is 36.6. The van der Waals surface area contributed by atoms with Gasteiger partial charge in [0.15, 0.2) is 40.7 Å². The second kappa shape index (κ2) is 38.7. The Hall–Kier alpha value is -8.66. The zero-order valence-electron chi connectivity index (χ0n) is 60.6. The lowest BCUT2D eigenvalue weighted by atomic mass is 9.47. The Morgan fingerprint density at radius 1 is 0.764 bits per heavy atom. The number of anilines is 2. The molecule has 2 aliphatic heterocycles. The number of ether oxygens (including phenoxy) is 8. The first-order chi connectivity index (χ1) is 50.9. The van der Waals surface area contributed by atoms with E-state index in [2.05, 4.69) is 38.4 Å². The number of rotatable bonds is 41. The number of amides is 7. The van der Waals surface area contributed by atoms with Gasteiger partial charge >= 0.3 is 12.1 Å². The van der Waals surface area contributed by atoms with Gasteiger partial charge in [-0.25, -0.2) is 18.4 Å². The fourth-order valence-corrected chi connectivity index (χ4v) is 15.2. The summed E-state index contributed by atoms with van der Waals surface area (Å²) >= 11 is 0. The number of primary amides is 1. The molecular formula is C78H99F2N7O19. The zero-order chi connectivity index (χ0) is 76.0. The number of alkyl halides is 2. The van der Waals surface area contributed by atoms with Gasteiger partial charge in [0.25, 0.3) is 0 Å². The molecule has 3 aromatic rings. The van der Waals surface area contributed by atoms with Crippen molar-refractivity contribution < 1.29 is 99.7 Å². The van der Waals surface area contributed by atoms with E-state index in [1.54, 1.807) is 43.0 Å². The third-order valence-electron chi connectivity index (χ3n) is 20.6. The van der Waals surface area contributed by atoms with Crippen molar-refractivity contribution in [1.82, 2.24) is 21.3 Å². The lowest BCUT2D eigenvalue weighted by molar-refractivity contribution is -0.208. The molecule has 0 aromatic heterocycles. The van der Waals surface area contributed by atoms with Crippen LogP contribution in [0.5, 0.6) is 0 Å². The number of benzene rings is 3. The van der Waals surface area contributed by atoms with E-state index >= 15 is 8.78 Å². The summed E-state index contributed by atoms with van der Waals surface area (Å²) in [6, 6.07) is 19.8. The van der Waals surface area contributed by atoms with E-state index in [-0.39, 0.29) is 146 Å². The van der Waals surface area contributed by atoms with E-state index in [0.717, 1.165) is 22.8 Å². The van der Waals surface area contributed by atoms with Crippen LogP contribution in [0.4, 0.5) is 29.7 Å². The molecule has 0 spiro atoms. The van der Waals surface area contributed by atoms with Crippen molar-refractivity contribution in [3.8, 4) is 11.8 Å². The van der Waals surface area contributed by atoms with E-state index in [1.807, 2.05) is 55.5 Å². The maximum atomic E-state index is 17.7. The summed E-state index contributed by atoms with van der Waals surface area (Å²) in [5.74, 6) is -0.346. The van der Waals surface area contributed by atoms with Crippen molar-refractivity contribution in [2.45, 2.75) is 160 Å². The molecule has 2 heterocycles. The third kappa shape index (κ3) is 20.7. The number of urea groups is 1. The highest BCUT2D eigenvalue weighted by Gasteiger charge is 2.76. The summed E-state index contributed by atoms with van der Waals surface area (Å²) in [6.07, 6.45) is -1.16. The molecule has 6 aliphatic rings. The van der Waals surface area contributed by atoms with Gasteiger partial charge < -0.3 is 80.2 Å². The van der Waals surface area contributed by atoms with E-state index in [9.17, 15) is 53.1 Å². The van der Waals surface area contributed by atoms with Gasteiger partial charge in [0.05, 0.1) is 96.5 Å². The molecule has 12 atom stereocenters. The highest BCUT2D eigenvalue weighted by molar-refractivity contribution is 6.02. The number of para-hydroxylation sites is 1. The molecule has 4 aliphatic carbocycles. The Balaban J connectivity index is 0.613. The van der Waals surface area contributed by atoms with Crippen molar-refractivity contribution in [2.75, 3.05) is 95.9 Å². The fourth-order valence-electron chi connectivity index (χ4n) is 15.2. The number of hydrogen-bond donors (Lipinski definition) is 7. The fraction of sp³-hybridized carbons (Fsp3) is 0.564. The molecule has 26 nitrogen and oxygen atoms in total. The molecule has 3 saturated carbocycles. The number of nitrogens with zero attached hydrogens (tertiary/aromatic N) is 1. The largest absolute Gasteiger partial charge is 0.445 e. The van der Waals surface area contributed by atoms with Gasteiger partial charge in [-0.1, -0.05) is 87.6 Å². The Morgan fingerprint density at radius 3 is 2.16 bits per heavy atom. The number of carbonyl (C=O) groups excluding carboxylic acids is 10. The molecule has 7 amide bonds. The quantitative estimate of drug-likeness (QED) is 0.0230. The number of nitrogens with one attached hydrogen (secondary N) is 5. The first-order valence-corrected chi connectivity index (χ1v) is 36.6. The van der Waals surface area contributed by atoms with E-state index < -0.39 is 126 Å². The molecule has 106 heavy (non-hydrogen) atoms. The zero-order valence-corrected chi connectivity index (χ0v) is 60.6. The van der Waals surface area contributed by atoms with Crippen LogP contribution in [0.2, 0.25) is 0 Å². The van der Waals surface area contributed by atoms with Gasteiger partial charge in [0.2, 0.25) is 23.6 Å². The smallest absolute Gasteiger partial charge is 0.407 e. The molecule has 4 fully saturated rings. The van der Waals surface area contributed by atoms with Gasteiger partial charge in [0.1, 0.15) is 19.4 Å². The predicted octanol–water partition coefficient (Wildman–Crippen LogP) is 6.68. The SMILES string of the molecule is CCCC1O[C@@H]2C[C@@H]3C(C[C@H](O)[C@@]4(F)[C@H]3C[C@H](F)C3=CC(=O)C=C[C@@]34C)[C@]2(C(=O)COCCC(=O)CNC(=O)OCc2ccc(NC(=O)[C@H](CCCNC(N)=O)CC(=O)[C@@H](NC(=O)CCOCCOCCOCCOCCNC(=O)CCC(=O)N3Cc4ccccc4C#Cc4ccccc43)C(C)C)cc2)O1. The van der Waals surface area contributed by atoms with Gasteiger partial charge in [-0.05, 0) is 116 Å². The summed E-state index contributed by atoms with van der Waals surface area (Å²) < 4.78 is 79.8. The molecule has 8 N–H and O–H groups in total. The Labute approximate surface area is 616 Å². The summed E-state index contributed by atoms with van der Waals surface area (Å²) in [5.41, 5.74) is 3.83. The molecule has 3 aromatic carbocycles. The lowest BCUT2D eigenvalue weighted by Crippen LogP contribution is -2.68. The molecule has 2 unspecified atom stereocenters. The number of allylic oxidation sites excluding steroid dienone is 4. The molecule has 1 saturated heterocycles. The van der Waals surface area contributed by atoms with Crippen LogP contribution in [0, 0.1) is 46.8 Å². The number of hydrogen-bond acceptors (Lipinski definition) is 19. The van der Waals surface area contributed by atoms with Gasteiger partial charge in [-0.15, -0.1) is 0 Å². The molecule has 9 rings (SSSR count). The van der Waals surface area contributed by atoms with Crippen molar-refractivity contribution in [3.63, 3.8) is 0 Å². The number of aliphatic hydroxyl groups is 1. The first kappa shape index (κ1) is 81.4. The van der Waals surface area contributed by atoms with Crippen molar-refractivity contribution in [1.29, 1.82) is 0 Å². The number of fused-ring (bicyclic) bond motifs is 9. The van der Waals surface area contributed by atoms with Crippen LogP contribution in [0.1, 0.15) is 127 Å².